The fraction of sp³-hybridized carbons (Fsp3) is 0.367. The summed E-state index contributed by atoms with van der Waals surface area (Å²) in [7, 11) is 3.16. The van der Waals surface area contributed by atoms with Gasteiger partial charge in [0.15, 0.2) is 11.5 Å². The molecule has 0 atom stereocenters. The number of hydrogen-bond donors (Lipinski definition) is 1. The van der Waals surface area contributed by atoms with Crippen molar-refractivity contribution in [2.75, 3.05) is 39.2 Å². The molecule has 214 valence electrons. The maximum Gasteiger partial charge on any atom is 0.338 e. The second-order valence-electron chi connectivity index (χ2n) is 9.28. The molecule has 40 heavy (non-hydrogen) atoms. The number of carbonyl (C=O) groups excluding carboxylic acids is 3. The summed E-state index contributed by atoms with van der Waals surface area (Å²) in [6.07, 6.45) is 2.13. The number of benzene rings is 2. The van der Waals surface area contributed by atoms with Gasteiger partial charge >= 0.3 is 12.0 Å². The Kier molecular flexibility index (Phi) is 11.0. The zero-order chi connectivity index (χ0) is 29.1. The zero-order valence-electron chi connectivity index (χ0n) is 23.6. The van der Waals surface area contributed by atoms with E-state index in [2.05, 4.69) is 5.32 Å². The summed E-state index contributed by atoms with van der Waals surface area (Å²) in [6, 6.07) is 15.0. The summed E-state index contributed by atoms with van der Waals surface area (Å²) in [6.45, 7) is 6.24. The number of hydrogen-bond acceptors (Lipinski definition) is 7. The largest absolute Gasteiger partial charge is 0.493 e. The van der Waals surface area contributed by atoms with E-state index in [-0.39, 0.29) is 31.6 Å². The molecule has 1 heterocycles. The van der Waals surface area contributed by atoms with E-state index in [1.54, 1.807) is 62.6 Å². The molecule has 3 aromatic rings. The maximum absolute atomic E-state index is 13.5. The van der Waals surface area contributed by atoms with Crippen LogP contribution in [0.5, 0.6) is 11.5 Å². The zero-order valence-corrected chi connectivity index (χ0v) is 23.6. The van der Waals surface area contributed by atoms with Crippen molar-refractivity contribution in [1.82, 2.24) is 9.80 Å². The molecule has 0 unspecified atom stereocenters. The summed E-state index contributed by atoms with van der Waals surface area (Å²) < 4.78 is 21.2. The molecule has 10 heteroatoms. The number of amides is 3. The Morgan fingerprint density at radius 3 is 2.30 bits per heavy atom. The van der Waals surface area contributed by atoms with E-state index in [4.69, 9.17) is 18.6 Å². The number of urea groups is 1. The lowest BCUT2D eigenvalue weighted by Crippen LogP contribution is -2.47. The Hall–Kier alpha value is -4.47. The lowest BCUT2D eigenvalue weighted by molar-refractivity contribution is -0.133. The van der Waals surface area contributed by atoms with Crippen LogP contribution in [-0.4, -0.2) is 67.7 Å². The minimum Gasteiger partial charge on any atom is -0.493 e. The fourth-order valence-electron chi connectivity index (χ4n) is 4.02. The summed E-state index contributed by atoms with van der Waals surface area (Å²) in [5, 5.41) is 2.81. The third-order valence-corrected chi connectivity index (χ3v) is 6.23. The molecule has 0 aliphatic rings. The number of nitrogens with zero attached hydrogens (tertiary/aromatic N) is 2. The van der Waals surface area contributed by atoms with E-state index in [1.165, 1.54) is 4.90 Å². The van der Waals surface area contributed by atoms with Crippen LogP contribution in [0.3, 0.4) is 0 Å². The van der Waals surface area contributed by atoms with Gasteiger partial charge in [0, 0.05) is 18.3 Å². The number of rotatable bonds is 13. The molecule has 0 fully saturated rings. The Labute approximate surface area is 234 Å². The monoisotopic (exact) mass is 551 g/mol. The van der Waals surface area contributed by atoms with Gasteiger partial charge in [0.1, 0.15) is 12.3 Å². The highest BCUT2D eigenvalue weighted by Gasteiger charge is 2.24. The number of ether oxygens (including phenoxy) is 3. The normalized spacial score (nSPS) is 10.7. The standard InChI is InChI=1S/C30H37N3O7/c1-6-39-29(35)23-10-12-24(13-11-23)31-30(36)33(21(2)3)20-28(34)32(19-25-8-7-17-40-25)16-15-22-9-14-26(37-4)27(18-22)38-5/h7-14,17-18,21H,6,15-16,19-20H2,1-5H3,(H,31,36). The highest BCUT2D eigenvalue weighted by Crippen LogP contribution is 2.28. The Balaban J connectivity index is 1.70. The molecule has 3 rings (SSSR count). The molecule has 0 saturated carbocycles. The van der Waals surface area contributed by atoms with Crippen molar-refractivity contribution < 1.29 is 33.0 Å². The van der Waals surface area contributed by atoms with Crippen LogP contribution in [0.15, 0.2) is 65.3 Å². The summed E-state index contributed by atoms with van der Waals surface area (Å²) in [4.78, 5) is 41.7. The van der Waals surface area contributed by atoms with Crippen molar-refractivity contribution in [3.63, 3.8) is 0 Å². The molecule has 0 aliphatic carbocycles. The van der Waals surface area contributed by atoms with Crippen molar-refractivity contribution in [3.8, 4) is 11.5 Å². The predicted octanol–water partition coefficient (Wildman–Crippen LogP) is 4.99. The Morgan fingerprint density at radius 1 is 0.975 bits per heavy atom. The molecule has 10 nitrogen and oxygen atoms in total. The van der Waals surface area contributed by atoms with Crippen LogP contribution >= 0.6 is 0 Å². The summed E-state index contributed by atoms with van der Waals surface area (Å²) in [5.74, 6) is 1.23. The molecule has 3 amide bonds. The van der Waals surface area contributed by atoms with Crippen LogP contribution < -0.4 is 14.8 Å². The summed E-state index contributed by atoms with van der Waals surface area (Å²) in [5.41, 5.74) is 1.86. The molecule has 1 aromatic heterocycles. The molecule has 0 spiro atoms. The third-order valence-electron chi connectivity index (χ3n) is 6.23. The van der Waals surface area contributed by atoms with Gasteiger partial charge in [-0.05, 0) is 81.3 Å². The minimum absolute atomic E-state index is 0.128. The highest BCUT2D eigenvalue weighted by molar-refractivity contribution is 5.94. The van der Waals surface area contributed by atoms with Gasteiger partial charge in [-0.2, -0.15) is 0 Å². The van der Waals surface area contributed by atoms with Crippen LogP contribution in [0, 0.1) is 0 Å². The first kappa shape index (κ1) is 30.1. The van der Waals surface area contributed by atoms with Gasteiger partial charge in [-0.3, -0.25) is 4.79 Å². The van der Waals surface area contributed by atoms with E-state index in [9.17, 15) is 14.4 Å². The smallest absolute Gasteiger partial charge is 0.338 e. The van der Waals surface area contributed by atoms with E-state index < -0.39 is 12.0 Å². The third kappa shape index (κ3) is 8.26. The topological polar surface area (TPSA) is 111 Å². The van der Waals surface area contributed by atoms with Gasteiger partial charge < -0.3 is 33.7 Å². The van der Waals surface area contributed by atoms with Crippen molar-refractivity contribution in [2.24, 2.45) is 0 Å². The molecule has 1 N–H and O–H groups in total. The van der Waals surface area contributed by atoms with Crippen LogP contribution in [-0.2, 0) is 22.5 Å². The van der Waals surface area contributed by atoms with E-state index in [0.29, 0.717) is 41.5 Å². The van der Waals surface area contributed by atoms with Crippen molar-refractivity contribution in [2.45, 2.75) is 39.8 Å². The molecule has 0 radical (unpaired) electrons. The van der Waals surface area contributed by atoms with Crippen molar-refractivity contribution in [3.05, 3.63) is 77.7 Å². The SMILES string of the molecule is CCOC(=O)c1ccc(NC(=O)N(CC(=O)N(CCc2ccc(OC)c(OC)c2)Cc2ccco2)C(C)C)cc1. The minimum atomic E-state index is -0.431. The Bertz CT molecular complexity index is 1260. The number of furan rings is 1. The molecule has 0 aliphatic heterocycles. The van der Waals surface area contributed by atoms with Crippen molar-refractivity contribution >= 4 is 23.6 Å². The first-order chi connectivity index (χ1) is 19.2. The predicted molar refractivity (Wildman–Crippen MR) is 151 cm³/mol. The first-order valence-electron chi connectivity index (χ1n) is 13.1. The van der Waals surface area contributed by atoms with Crippen LogP contribution in [0.2, 0.25) is 0 Å². The van der Waals surface area contributed by atoms with E-state index in [0.717, 1.165) is 5.56 Å². The average molecular weight is 552 g/mol. The van der Waals surface area contributed by atoms with E-state index >= 15 is 0 Å². The number of esters is 1. The van der Waals surface area contributed by atoms with Gasteiger partial charge in [-0.25, -0.2) is 9.59 Å². The molecule has 0 saturated heterocycles. The summed E-state index contributed by atoms with van der Waals surface area (Å²) >= 11 is 0. The van der Waals surface area contributed by atoms with E-state index in [1.807, 2.05) is 38.1 Å². The van der Waals surface area contributed by atoms with Gasteiger partial charge in [-0.1, -0.05) is 6.07 Å². The van der Waals surface area contributed by atoms with Crippen LogP contribution in [0.1, 0.15) is 42.5 Å². The molecule has 0 bridgehead atoms. The second kappa shape index (κ2) is 14.6. The molecular formula is C30H37N3O7. The van der Waals surface area contributed by atoms with Gasteiger partial charge in [-0.15, -0.1) is 0 Å². The number of methoxy groups -OCH3 is 2. The van der Waals surface area contributed by atoms with Gasteiger partial charge in [0.05, 0.1) is 39.2 Å². The lowest BCUT2D eigenvalue weighted by Gasteiger charge is -2.30. The fourth-order valence-corrected chi connectivity index (χ4v) is 4.02. The van der Waals surface area contributed by atoms with Crippen LogP contribution in [0.25, 0.3) is 0 Å². The number of carbonyl (C=O) groups is 3. The molecular weight excluding hydrogens is 514 g/mol. The van der Waals surface area contributed by atoms with Gasteiger partial charge in [0.2, 0.25) is 5.91 Å². The average Bonchev–Trinajstić information content (AvgIpc) is 3.47. The van der Waals surface area contributed by atoms with Crippen LogP contribution in [0.4, 0.5) is 10.5 Å². The van der Waals surface area contributed by atoms with Crippen molar-refractivity contribution in [1.29, 1.82) is 0 Å². The lowest BCUT2D eigenvalue weighted by atomic mass is 10.1. The highest BCUT2D eigenvalue weighted by atomic mass is 16.5. The maximum atomic E-state index is 13.5. The Morgan fingerprint density at radius 2 is 1.70 bits per heavy atom. The number of anilines is 1. The second-order valence-corrected chi connectivity index (χ2v) is 9.28. The number of nitrogens with one attached hydrogen (secondary N) is 1. The first-order valence-corrected chi connectivity index (χ1v) is 13.1. The molecule has 2 aromatic carbocycles. The quantitative estimate of drug-likeness (QED) is 0.298. The van der Waals surface area contributed by atoms with Gasteiger partial charge in [0.25, 0.3) is 0 Å².